The number of ether oxygens (including phenoxy) is 1. The number of rotatable bonds is 5. The number of nitrogens with two attached hydrogens (primary N) is 1. The summed E-state index contributed by atoms with van der Waals surface area (Å²) in [6, 6.07) is 13.9. The summed E-state index contributed by atoms with van der Waals surface area (Å²) in [6.07, 6.45) is 1.17. The van der Waals surface area contributed by atoms with Crippen LogP contribution in [0.2, 0.25) is 0 Å². The molecule has 0 spiro atoms. The Morgan fingerprint density at radius 1 is 1.04 bits per heavy atom. The Morgan fingerprint density at radius 3 is 2.33 bits per heavy atom. The van der Waals surface area contributed by atoms with E-state index in [9.17, 15) is 8.42 Å². The molecule has 140 valence electrons. The van der Waals surface area contributed by atoms with Gasteiger partial charge in [-0.3, -0.25) is 0 Å². The average molecular weight is 384 g/mol. The zero-order valence-corrected chi connectivity index (χ0v) is 16.0. The molecule has 0 saturated heterocycles. The average Bonchev–Trinajstić information content (AvgIpc) is 2.61. The highest BCUT2D eigenvalue weighted by Crippen LogP contribution is 2.26. The van der Waals surface area contributed by atoms with Gasteiger partial charge in [0.05, 0.1) is 17.7 Å². The number of hydrogen-bond acceptors (Lipinski definition) is 7. The maximum atomic E-state index is 11.6. The van der Waals surface area contributed by atoms with E-state index in [1.54, 1.807) is 37.4 Å². The summed E-state index contributed by atoms with van der Waals surface area (Å²) in [7, 11) is -1.62. The van der Waals surface area contributed by atoms with Crippen molar-refractivity contribution in [3.05, 3.63) is 54.1 Å². The first-order valence-corrected chi connectivity index (χ1v) is 10.0. The molecule has 0 radical (unpaired) electrons. The number of benzene rings is 2. The highest BCUT2D eigenvalue weighted by molar-refractivity contribution is 7.90. The molecule has 0 amide bonds. The van der Waals surface area contributed by atoms with Crippen LogP contribution < -0.4 is 15.8 Å². The lowest BCUT2D eigenvalue weighted by Gasteiger charge is -2.11. The first-order chi connectivity index (χ1) is 12.8. The largest absolute Gasteiger partial charge is 0.496 e. The van der Waals surface area contributed by atoms with Crippen LogP contribution in [0.1, 0.15) is 5.56 Å². The monoisotopic (exact) mass is 384 g/mol. The van der Waals surface area contributed by atoms with Crippen LogP contribution in [0.4, 0.5) is 17.5 Å². The molecule has 0 saturated carbocycles. The smallest absolute Gasteiger partial charge is 0.222 e. The number of methoxy groups -OCH3 is 1. The highest BCUT2D eigenvalue weighted by Gasteiger charge is 2.10. The van der Waals surface area contributed by atoms with E-state index in [4.69, 9.17) is 10.5 Å². The zero-order valence-electron chi connectivity index (χ0n) is 15.2. The van der Waals surface area contributed by atoms with Crippen LogP contribution in [0.3, 0.4) is 0 Å². The van der Waals surface area contributed by atoms with Crippen molar-refractivity contribution in [1.29, 1.82) is 0 Å². The minimum Gasteiger partial charge on any atom is -0.496 e. The van der Waals surface area contributed by atoms with Gasteiger partial charge in [-0.2, -0.15) is 4.98 Å². The Labute approximate surface area is 158 Å². The second kappa shape index (κ2) is 7.24. The number of sulfone groups is 1. The van der Waals surface area contributed by atoms with E-state index in [0.29, 0.717) is 11.5 Å². The second-order valence-corrected chi connectivity index (χ2v) is 8.12. The van der Waals surface area contributed by atoms with Crippen molar-refractivity contribution >= 4 is 27.3 Å². The van der Waals surface area contributed by atoms with Gasteiger partial charge in [0.25, 0.3) is 0 Å². The molecule has 0 aliphatic heterocycles. The van der Waals surface area contributed by atoms with E-state index in [0.717, 1.165) is 22.6 Å². The van der Waals surface area contributed by atoms with Crippen LogP contribution >= 0.6 is 0 Å². The number of aryl methyl sites for hydroxylation is 1. The number of hydrogen-bond donors (Lipinski definition) is 2. The molecule has 0 bridgehead atoms. The lowest BCUT2D eigenvalue weighted by Crippen LogP contribution is -2.02. The van der Waals surface area contributed by atoms with Gasteiger partial charge in [0.15, 0.2) is 9.84 Å². The van der Waals surface area contributed by atoms with Crippen LogP contribution in [-0.4, -0.2) is 31.8 Å². The quantitative estimate of drug-likeness (QED) is 0.695. The molecule has 0 unspecified atom stereocenters. The van der Waals surface area contributed by atoms with Gasteiger partial charge in [-0.25, -0.2) is 13.4 Å². The molecule has 7 nitrogen and oxygen atoms in total. The van der Waals surface area contributed by atoms with Crippen LogP contribution in [-0.2, 0) is 9.84 Å². The van der Waals surface area contributed by atoms with E-state index >= 15 is 0 Å². The maximum absolute atomic E-state index is 11.6. The van der Waals surface area contributed by atoms with Gasteiger partial charge in [-0.1, -0.05) is 12.1 Å². The zero-order chi connectivity index (χ0) is 19.6. The van der Waals surface area contributed by atoms with Gasteiger partial charge < -0.3 is 15.8 Å². The van der Waals surface area contributed by atoms with Gasteiger partial charge in [0.1, 0.15) is 11.6 Å². The van der Waals surface area contributed by atoms with Gasteiger partial charge in [0, 0.05) is 23.6 Å². The van der Waals surface area contributed by atoms with Crippen molar-refractivity contribution in [3.8, 4) is 17.0 Å². The maximum Gasteiger partial charge on any atom is 0.222 e. The fraction of sp³-hybridized carbons (Fsp3) is 0.158. The summed E-state index contributed by atoms with van der Waals surface area (Å²) in [5.41, 5.74) is 9.01. The summed E-state index contributed by atoms with van der Waals surface area (Å²) in [5.74, 6) is 1.45. The Morgan fingerprint density at radius 2 is 1.74 bits per heavy atom. The third-order valence-corrected chi connectivity index (χ3v) is 5.12. The Balaban J connectivity index is 1.91. The van der Waals surface area contributed by atoms with E-state index < -0.39 is 9.84 Å². The standard InChI is InChI=1S/C19H20N4O3S/c1-12-10-14(6-9-17(12)26-2)21-18-11-16(22-19(20)23-18)13-4-7-15(8-5-13)27(3,24)25/h4-11H,1-3H3,(H3,20,21,22,23). The number of aromatic nitrogens is 2. The Hall–Kier alpha value is -3.13. The summed E-state index contributed by atoms with van der Waals surface area (Å²) < 4.78 is 28.5. The molecule has 1 heterocycles. The van der Waals surface area contributed by atoms with Crippen LogP contribution in [0.25, 0.3) is 11.3 Å². The Kier molecular flexibility index (Phi) is 5.00. The van der Waals surface area contributed by atoms with Crippen molar-refractivity contribution in [2.24, 2.45) is 0 Å². The van der Waals surface area contributed by atoms with Gasteiger partial charge >= 0.3 is 0 Å². The van der Waals surface area contributed by atoms with Crippen LogP contribution in [0, 0.1) is 6.92 Å². The molecule has 0 fully saturated rings. The van der Waals surface area contributed by atoms with E-state index in [2.05, 4.69) is 15.3 Å². The molecular weight excluding hydrogens is 364 g/mol. The molecule has 2 aromatic carbocycles. The number of nitrogens with zero attached hydrogens (tertiary/aromatic N) is 2. The van der Waals surface area contributed by atoms with Crippen molar-refractivity contribution in [2.75, 3.05) is 24.4 Å². The van der Waals surface area contributed by atoms with Gasteiger partial charge in [0.2, 0.25) is 5.95 Å². The predicted octanol–water partition coefficient (Wildman–Crippen LogP) is 3.19. The topological polar surface area (TPSA) is 107 Å². The van der Waals surface area contributed by atoms with Crippen molar-refractivity contribution in [2.45, 2.75) is 11.8 Å². The first kappa shape index (κ1) is 18.7. The molecule has 1 aromatic heterocycles. The molecule has 3 N–H and O–H groups in total. The first-order valence-electron chi connectivity index (χ1n) is 8.13. The van der Waals surface area contributed by atoms with Crippen LogP contribution in [0.15, 0.2) is 53.4 Å². The van der Waals surface area contributed by atoms with Gasteiger partial charge in [-0.05, 0) is 42.8 Å². The van der Waals surface area contributed by atoms with E-state index in [1.807, 2.05) is 25.1 Å². The van der Waals surface area contributed by atoms with Crippen LogP contribution in [0.5, 0.6) is 5.75 Å². The SMILES string of the molecule is COc1ccc(Nc2cc(-c3ccc(S(C)(=O)=O)cc3)nc(N)n2)cc1C. The second-order valence-electron chi connectivity index (χ2n) is 6.10. The third-order valence-electron chi connectivity index (χ3n) is 3.99. The summed E-state index contributed by atoms with van der Waals surface area (Å²) >= 11 is 0. The summed E-state index contributed by atoms with van der Waals surface area (Å²) in [6.45, 7) is 1.95. The van der Waals surface area contributed by atoms with Crippen molar-refractivity contribution in [1.82, 2.24) is 9.97 Å². The highest BCUT2D eigenvalue weighted by atomic mass is 32.2. The molecular formula is C19H20N4O3S. The summed E-state index contributed by atoms with van der Waals surface area (Å²) in [5, 5.41) is 3.20. The lowest BCUT2D eigenvalue weighted by atomic mass is 10.1. The third kappa shape index (κ3) is 4.35. The molecule has 3 rings (SSSR count). The molecule has 8 heteroatoms. The fourth-order valence-corrected chi connectivity index (χ4v) is 3.29. The van der Waals surface area contributed by atoms with E-state index in [1.165, 1.54) is 6.26 Å². The minimum absolute atomic E-state index is 0.118. The molecule has 0 aliphatic rings. The minimum atomic E-state index is -3.25. The van der Waals surface area contributed by atoms with Crippen molar-refractivity contribution < 1.29 is 13.2 Å². The molecule has 27 heavy (non-hydrogen) atoms. The van der Waals surface area contributed by atoms with E-state index in [-0.39, 0.29) is 10.8 Å². The predicted molar refractivity (Wildman–Crippen MR) is 106 cm³/mol. The summed E-state index contributed by atoms with van der Waals surface area (Å²) in [4.78, 5) is 8.70. The molecule has 0 atom stereocenters. The fourth-order valence-electron chi connectivity index (χ4n) is 2.65. The number of nitrogens with one attached hydrogen (secondary N) is 1. The van der Waals surface area contributed by atoms with Crippen molar-refractivity contribution in [3.63, 3.8) is 0 Å². The van der Waals surface area contributed by atoms with Gasteiger partial charge in [-0.15, -0.1) is 0 Å². The Bertz CT molecular complexity index is 1080. The molecule has 3 aromatic rings. The number of nitrogen functional groups attached to an aromatic ring is 1. The lowest BCUT2D eigenvalue weighted by molar-refractivity contribution is 0.412. The molecule has 0 aliphatic carbocycles. The number of anilines is 3. The normalized spacial score (nSPS) is 11.2.